The number of hydrogen-bond donors (Lipinski definition) is 3. The Kier molecular flexibility index (Phi) is 8.45. The summed E-state index contributed by atoms with van der Waals surface area (Å²) < 4.78 is 14.0. The first-order valence-electron chi connectivity index (χ1n) is 18.6. The van der Waals surface area contributed by atoms with Crippen molar-refractivity contribution in [3.05, 3.63) is 11.6 Å². The van der Waals surface area contributed by atoms with Crippen molar-refractivity contribution < 1.29 is 19.4 Å². The number of aliphatic carboxylic acids is 1. The highest BCUT2D eigenvalue weighted by atomic mass is 32.2. The van der Waals surface area contributed by atoms with E-state index in [1.165, 1.54) is 5.57 Å². The molecule has 0 aromatic carbocycles. The van der Waals surface area contributed by atoms with E-state index in [1.54, 1.807) is 4.80 Å². The van der Waals surface area contributed by atoms with Crippen LogP contribution < -0.4 is 11.5 Å². The van der Waals surface area contributed by atoms with Gasteiger partial charge in [0.2, 0.25) is 0 Å². The number of aromatic nitrogens is 4. The van der Waals surface area contributed by atoms with Gasteiger partial charge in [-0.05, 0) is 113 Å². The molecule has 0 spiro atoms. The summed E-state index contributed by atoms with van der Waals surface area (Å²) in [6, 6.07) is -0.171. The molecule has 268 valence electrons. The number of hydrogen-bond acceptors (Lipinski definition) is 9. The van der Waals surface area contributed by atoms with Crippen molar-refractivity contribution in [3.8, 4) is 0 Å². The van der Waals surface area contributed by atoms with Gasteiger partial charge in [0, 0.05) is 11.0 Å². The van der Waals surface area contributed by atoms with Crippen LogP contribution in [0, 0.1) is 56.7 Å². The van der Waals surface area contributed by atoms with Gasteiger partial charge in [-0.25, -0.2) is 0 Å². The molecule has 48 heavy (non-hydrogen) atoms. The zero-order chi connectivity index (χ0) is 34.5. The molecule has 2 bridgehead atoms. The minimum absolute atomic E-state index is 0.109. The van der Waals surface area contributed by atoms with E-state index in [-0.39, 0.29) is 45.8 Å². The van der Waals surface area contributed by atoms with Gasteiger partial charge in [-0.1, -0.05) is 65.2 Å². The van der Waals surface area contributed by atoms with Crippen molar-refractivity contribution in [2.45, 2.75) is 118 Å². The lowest BCUT2D eigenvalue weighted by atomic mass is 9.34. The molecule has 11 heteroatoms. The normalized spacial score (nSPS) is 45.8. The van der Waals surface area contributed by atoms with Crippen LogP contribution in [-0.4, -0.2) is 74.3 Å². The van der Waals surface area contributed by atoms with Crippen LogP contribution in [0.25, 0.3) is 0 Å². The number of rotatable bonds is 7. The molecule has 2 aliphatic heterocycles. The van der Waals surface area contributed by atoms with Crippen LogP contribution in [0.3, 0.4) is 0 Å². The number of carboxylic acid groups (broad SMARTS) is 1. The lowest BCUT2D eigenvalue weighted by Gasteiger charge is -2.71. The maximum absolute atomic E-state index is 13.5. The second-order valence-corrected chi connectivity index (χ2v) is 19.5. The standard InChI is InChI=1S/C37H60N6O4S/c1-22(2)23(3)33(5)12-13-34(6)24-8-9-27-32(4)18-26(43-41-31(38)40-42-43)29(47-20-36(39)14-16-48-17-15-36)37(27,21-46-19-32)25(24)10-11-35(34,7)28(33)30(44)45/h10,22-24,26-29H,8-9,11-21,39H2,1-7H3,(H2,38,41)(H,44,45)/t23-,24+,26-,27-,28-,29+,32-,33-,34-,35+,37+/m1/s1. The average molecular weight is 685 g/mol. The van der Waals surface area contributed by atoms with Crippen molar-refractivity contribution in [2.75, 3.05) is 37.1 Å². The van der Waals surface area contributed by atoms with Gasteiger partial charge in [0.1, 0.15) is 6.04 Å². The first-order valence-corrected chi connectivity index (χ1v) is 19.7. The summed E-state index contributed by atoms with van der Waals surface area (Å²) in [7, 11) is 0. The molecule has 4 aliphatic carbocycles. The summed E-state index contributed by atoms with van der Waals surface area (Å²) >= 11 is 1.97. The Morgan fingerprint density at radius 2 is 1.83 bits per heavy atom. The predicted molar refractivity (Wildman–Crippen MR) is 188 cm³/mol. The van der Waals surface area contributed by atoms with Crippen LogP contribution in [0.5, 0.6) is 0 Å². The van der Waals surface area contributed by atoms with Crippen molar-refractivity contribution >= 4 is 23.7 Å². The molecule has 0 amide bonds. The van der Waals surface area contributed by atoms with E-state index in [0.29, 0.717) is 37.6 Å². The summed E-state index contributed by atoms with van der Waals surface area (Å²) in [5, 5.41) is 24.3. The first-order chi connectivity index (χ1) is 22.5. The highest BCUT2D eigenvalue weighted by Gasteiger charge is 2.73. The quantitative estimate of drug-likeness (QED) is 0.292. The Labute approximate surface area is 291 Å². The summed E-state index contributed by atoms with van der Waals surface area (Å²) in [6.45, 7) is 17.9. The fraction of sp³-hybridized carbons (Fsp3) is 0.892. The van der Waals surface area contributed by atoms with E-state index in [1.807, 2.05) is 11.8 Å². The van der Waals surface area contributed by atoms with Crippen LogP contribution in [0.4, 0.5) is 5.95 Å². The second-order valence-electron chi connectivity index (χ2n) is 18.3. The Hall–Kier alpha value is -1.69. The summed E-state index contributed by atoms with van der Waals surface area (Å²) in [4.78, 5) is 15.2. The summed E-state index contributed by atoms with van der Waals surface area (Å²) in [6.07, 6.45) is 9.68. The van der Waals surface area contributed by atoms with Crippen LogP contribution in [-0.2, 0) is 14.3 Å². The van der Waals surface area contributed by atoms with Gasteiger partial charge in [-0.2, -0.15) is 16.6 Å². The van der Waals surface area contributed by atoms with Crippen LogP contribution >= 0.6 is 11.8 Å². The Balaban J connectivity index is 1.36. The first kappa shape index (κ1) is 34.7. The number of nitrogen functional groups attached to an aromatic ring is 1. The minimum Gasteiger partial charge on any atom is -0.481 e. The maximum atomic E-state index is 13.5. The van der Waals surface area contributed by atoms with E-state index in [9.17, 15) is 9.90 Å². The zero-order valence-electron chi connectivity index (χ0n) is 30.3. The average Bonchev–Trinajstić information content (AvgIpc) is 3.46. The van der Waals surface area contributed by atoms with E-state index < -0.39 is 22.7 Å². The van der Waals surface area contributed by atoms with Gasteiger partial charge in [0.05, 0.1) is 31.8 Å². The van der Waals surface area contributed by atoms with Gasteiger partial charge in [0.25, 0.3) is 5.95 Å². The van der Waals surface area contributed by atoms with Crippen LogP contribution in [0.2, 0.25) is 0 Å². The number of anilines is 1. The van der Waals surface area contributed by atoms with Crippen LogP contribution in [0.15, 0.2) is 11.6 Å². The summed E-state index contributed by atoms with van der Waals surface area (Å²) in [5.74, 6) is 2.50. The predicted octanol–water partition coefficient (Wildman–Crippen LogP) is 5.99. The van der Waals surface area contributed by atoms with E-state index >= 15 is 0 Å². The van der Waals surface area contributed by atoms with Gasteiger partial charge in [0.15, 0.2) is 0 Å². The Bertz CT molecular complexity index is 1450. The number of carbonyl (C=O) groups is 1. The fourth-order valence-electron chi connectivity index (χ4n) is 12.6. The monoisotopic (exact) mass is 684 g/mol. The van der Waals surface area contributed by atoms with Crippen molar-refractivity contribution in [1.82, 2.24) is 20.2 Å². The van der Waals surface area contributed by atoms with Crippen molar-refractivity contribution in [3.63, 3.8) is 0 Å². The molecule has 3 saturated carbocycles. The molecule has 1 aromatic rings. The molecule has 2 saturated heterocycles. The number of fused-ring (bicyclic) bond motifs is 3. The van der Waals surface area contributed by atoms with E-state index in [2.05, 4.69) is 70.0 Å². The summed E-state index contributed by atoms with van der Waals surface area (Å²) in [5.41, 5.74) is 12.8. The molecule has 0 radical (unpaired) electrons. The number of allylic oxidation sites excluding steroid dienone is 1. The topological polar surface area (TPSA) is 151 Å². The number of nitrogens with two attached hydrogens (primary N) is 2. The highest BCUT2D eigenvalue weighted by molar-refractivity contribution is 7.99. The molecule has 5 N–H and O–H groups in total. The molecule has 6 aliphatic rings. The molecule has 0 unspecified atom stereocenters. The maximum Gasteiger partial charge on any atom is 0.307 e. The SMILES string of the molecule is CC(C)[C@@H](C)[C@@]1(C)CC[C@]2(C)[C@H]3CC[C@@H]4[C@@]5(C)COC[C@@]4(C3=CC[C@@]2(C)[C@@H]1C(=O)O)[C@@H](OCC1(N)CCSCC1)[C@H](n1nnc(N)n1)C5. The molecule has 5 fully saturated rings. The minimum atomic E-state index is -0.636. The van der Waals surface area contributed by atoms with Gasteiger partial charge < -0.3 is 26.0 Å². The Morgan fingerprint density at radius 3 is 2.48 bits per heavy atom. The number of ether oxygens (including phenoxy) is 2. The highest BCUT2D eigenvalue weighted by Crippen LogP contribution is 2.75. The number of tetrazole rings is 1. The third-order valence-corrected chi connectivity index (χ3v) is 16.8. The molecular formula is C37H60N6O4S. The second kappa shape index (κ2) is 11.7. The molecule has 1 aromatic heterocycles. The van der Waals surface area contributed by atoms with Crippen LogP contribution in [0.1, 0.15) is 106 Å². The fourth-order valence-corrected chi connectivity index (χ4v) is 13.9. The van der Waals surface area contributed by atoms with Gasteiger partial charge in [-0.15, -0.1) is 5.10 Å². The third-order valence-electron chi connectivity index (χ3n) is 15.8. The lowest BCUT2D eigenvalue weighted by Crippen LogP contribution is -2.70. The van der Waals surface area contributed by atoms with Crippen molar-refractivity contribution in [2.24, 2.45) is 62.4 Å². The van der Waals surface area contributed by atoms with Gasteiger partial charge >= 0.3 is 5.97 Å². The molecular weight excluding hydrogens is 625 g/mol. The number of nitrogens with zero attached hydrogens (tertiary/aromatic N) is 4. The van der Waals surface area contributed by atoms with E-state index in [0.717, 1.165) is 62.9 Å². The third kappa shape index (κ3) is 4.82. The lowest BCUT2D eigenvalue weighted by molar-refractivity contribution is -0.255. The molecule has 7 rings (SSSR count). The van der Waals surface area contributed by atoms with E-state index in [4.69, 9.17) is 20.9 Å². The number of thioether (sulfide) groups is 1. The smallest absolute Gasteiger partial charge is 0.307 e. The number of carboxylic acids is 1. The molecule has 3 heterocycles. The Morgan fingerprint density at radius 1 is 1.10 bits per heavy atom. The van der Waals surface area contributed by atoms with Gasteiger partial charge in [-0.3, -0.25) is 4.79 Å². The largest absolute Gasteiger partial charge is 0.481 e. The van der Waals surface area contributed by atoms with Crippen molar-refractivity contribution in [1.29, 1.82) is 0 Å². The molecule has 10 nitrogen and oxygen atoms in total. The zero-order valence-corrected chi connectivity index (χ0v) is 31.2. The molecule has 11 atom stereocenters.